The van der Waals surface area contributed by atoms with E-state index in [4.69, 9.17) is 5.11 Å². The number of carboxylic acids is 1. The summed E-state index contributed by atoms with van der Waals surface area (Å²) < 4.78 is 0. The van der Waals surface area contributed by atoms with E-state index in [1.165, 1.54) is 96.3 Å². The van der Waals surface area contributed by atoms with Gasteiger partial charge in [-0.1, -0.05) is 109 Å². The van der Waals surface area contributed by atoms with Gasteiger partial charge in [0.15, 0.2) is 0 Å². The Morgan fingerprint density at radius 2 is 1.00 bits per heavy atom. The molecule has 2 nitrogen and oxygen atoms in total. The van der Waals surface area contributed by atoms with Gasteiger partial charge in [-0.15, -0.1) is 11.8 Å². The predicted octanol–water partition coefficient (Wildman–Crippen LogP) is 7.51. The molecule has 0 bridgehead atoms. The maximum Gasteiger partial charge on any atom is 0.304 e. The quantitative estimate of drug-likeness (QED) is 0.211. The first-order valence-electron chi connectivity index (χ1n) is 11.4. The van der Waals surface area contributed by atoms with Crippen LogP contribution in [0, 0.1) is 23.7 Å². The van der Waals surface area contributed by atoms with Crippen LogP contribution in [-0.2, 0) is 4.79 Å². The van der Waals surface area contributed by atoms with Crippen LogP contribution < -0.4 is 0 Å². The van der Waals surface area contributed by atoms with Crippen molar-refractivity contribution in [2.75, 3.05) is 0 Å². The van der Waals surface area contributed by atoms with Gasteiger partial charge in [0.2, 0.25) is 0 Å². The summed E-state index contributed by atoms with van der Waals surface area (Å²) >= 11 is 0. The molecule has 0 fully saturated rings. The minimum Gasteiger partial charge on any atom is -0.481 e. The summed E-state index contributed by atoms with van der Waals surface area (Å²) in [5, 5.41) is 8.48. The standard InChI is InChI=1S/C25H42O2/c1-2-3-4-5-6-7-8-9-10-11-12-13-14-15-16-17-18-19-20-21-22-23-24-25(26)27/h2-17,20,23-24H2,1H3,(H,26,27). The maximum absolute atomic E-state index is 10.3. The highest BCUT2D eigenvalue weighted by Gasteiger charge is 1.94. The second-order valence-electron chi connectivity index (χ2n) is 7.48. The molecular weight excluding hydrogens is 332 g/mol. The molecule has 0 rings (SSSR count). The highest BCUT2D eigenvalue weighted by molar-refractivity contribution is 5.67. The van der Waals surface area contributed by atoms with E-state index >= 15 is 0 Å². The van der Waals surface area contributed by atoms with Crippen LogP contribution in [0.3, 0.4) is 0 Å². The van der Waals surface area contributed by atoms with E-state index < -0.39 is 5.97 Å². The minimum atomic E-state index is -0.788. The molecular formula is C25H42O2. The summed E-state index contributed by atoms with van der Waals surface area (Å²) in [5.41, 5.74) is 0. The third kappa shape index (κ3) is 24.6. The Morgan fingerprint density at radius 1 is 0.593 bits per heavy atom. The van der Waals surface area contributed by atoms with Gasteiger partial charge < -0.3 is 5.11 Å². The Kier molecular flexibility index (Phi) is 21.4. The minimum absolute atomic E-state index is 0.125. The van der Waals surface area contributed by atoms with Crippen LogP contribution in [0.1, 0.15) is 129 Å². The van der Waals surface area contributed by atoms with E-state index in [0.29, 0.717) is 12.8 Å². The van der Waals surface area contributed by atoms with Crippen molar-refractivity contribution in [3.63, 3.8) is 0 Å². The number of carboxylic acid groups (broad SMARTS) is 1. The van der Waals surface area contributed by atoms with Gasteiger partial charge >= 0.3 is 5.97 Å². The van der Waals surface area contributed by atoms with Gasteiger partial charge in [-0.3, -0.25) is 4.79 Å². The lowest BCUT2D eigenvalue weighted by molar-refractivity contribution is -0.136. The van der Waals surface area contributed by atoms with Gasteiger partial charge in [0.1, 0.15) is 0 Å². The average Bonchev–Trinajstić information content (AvgIpc) is 2.65. The van der Waals surface area contributed by atoms with Crippen LogP contribution in [0.15, 0.2) is 0 Å². The van der Waals surface area contributed by atoms with Crippen LogP contribution in [0.5, 0.6) is 0 Å². The first-order chi connectivity index (χ1) is 13.3. The Morgan fingerprint density at radius 3 is 1.44 bits per heavy atom. The predicted molar refractivity (Wildman–Crippen MR) is 117 cm³/mol. The van der Waals surface area contributed by atoms with E-state index in [-0.39, 0.29) is 6.42 Å². The molecule has 0 spiro atoms. The Balaban J connectivity index is 3.17. The molecule has 0 saturated heterocycles. The van der Waals surface area contributed by atoms with Crippen LogP contribution >= 0.6 is 0 Å². The summed E-state index contributed by atoms with van der Waals surface area (Å²) in [5.74, 6) is 11.2. The summed E-state index contributed by atoms with van der Waals surface area (Å²) in [4.78, 5) is 10.3. The smallest absolute Gasteiger partial charge is 0.304 e. The zero-order chi connectivity index (χ0) is 19.8. The molecule has 0 aromatic carbocycles. The number of hydrogen-bond donors (Lipinski definition) is 1. The Bertz CT molecular complexity index is 444. The maximum atomic E-state index is 10.3. The molecule has 0 heterocycles. The van der Waals surface area contributed by atoms with E-state index in [1.54, 1.807) is 0 Å². The van der Waals surface area contributed by atoms with Crippen molar-refractivity contribution in [2.45, 2.75) is 129 Å². The first-order valence-corrected chi connectivity index (χ1v) is 11.4. The molecule has 0 unspecified atom stereocenters. The Hall–Kier alpha value is -1.41. The zero-order valence-electron chi connectivity index (χ0n) is 17.8. The second-order valence-corrected chi connectivity index (χ2v) is 7.48. The summed E-state index contributed by atoms with van der Waals surface area (Å²) in [7, 11) is 0. The van der Waals surface area contributed by atoms with Gasteiger partial charge in [-0.05, 0) is 6.42 Å². The van der Waals surface area contributed by atoms with Crippen molar-refractivity contribution in [1.29, 1.82) is 0 Å². The summed E-state index contributed by atoms with van der Waals surface area (Å²) in [6, 6.07) is 0. The van der Waals surface area contributed by atoms with E-state index in [2.05, 4.69) is 30.6 Å². The molecule has 0 radical (unpaired) electrons. The fourth-order valence-corrected chi connectivity index (χ4v) is 3.10. The number of carbonyl (C=O) groups is 1. The number of rotatable bonds is 17. The fourth-order valence-electron chi connectivity index (χ4n) is 3.10. The molecule has 154 valence electrons. The van der Waals surface area contributed by atoms with Gasteiger partial charge in [0.05, 0.1) is 12.8 Å². The number of aliphatic carboxylic acids is 1. The van der Waals surface area contributed by atoms with Crippen LogP contribution in [0.2, 0.25) is 0 Å². The van der Waals surface area contributed by atoms with Crippen molar-refractivity contribution >= 4 is 5.97 Å². The summed E-state index contributed by atoms with van der Waals surface area (Å²) in [6.07, 6.45) is 22.9. The molecule has 27 heavy (non-hydrogen) atoms. The molecule has 2 heteroatoms. The lowest BCUT2D eigenvalue weighted by Gasteiger charge is -2.03. The monoisotopic (exact) mass is 374 g/mol. The van der Waals surface area contributed by atoms with Crippen molar-refractivity contribution in [2.24, 2.45) is 0 Å². The zero-order valence-corrected chi connectivity index (χ0v) is 17.8. The third-order valence-corrected chi connectivity index (χ3v) is 4.80. The van der Waals surface area contributed by atoms with Gasteiger partial charge in [0.25, 0.3) is 0 Å². The van der Waals surface area contributed by atoms with Gasteiger partial charge in [-0.2, -0.15) is 0 Å². The molecule has 0 aliphatic carbocycles. The fraction of sp³-hybridized carbons (Fsp3) is 0.800. The molecule has 0 aromatic rings. The molecule has 0 aromatic heterocycles. The third-order valence-electron chi connectivity index (χ3n) is 4.80. The summed E-state index contributed by atoms with van der Waals surface area (Å²) in [6.45, 7) is 2.28. The van der Waals surface area contributed by atoms with Crippen molar-refractivity contribution < 1.29 is 9.90 Å². The number of unbranched alkanes of at least 4 members (excludes halogenated alkanes) is 15. The van der Waals surface area contributed by atoms with Crippen LogP contribution in [0.25, 0.3) is 0 Å². The van der Waals surface area contributed by atoms with E-state index in [0.717, 1.165) is 6.42 Å². The topological polar surface area (TPSA) is 37.3 Å². The molecule has 0 atom stereocenters. The number of hydrogen-bond acceptors (Lipinski definition) is 1. The largest absolute Gasteiger partial charge is 0.481 e. The van der Waals surface area contributed by atoms with Crippen LogP contribution in [0.4, 0.5) is 0 Å². The van der Waals surface area contributed by atoms with Crippen LogP contribution in [-0.4, -0.2) is 11.1 Å². The molecule has 1 N–H and O–H groups in total. The van der Waals surface area contributed by atoms with Crippen molar-refractivity contribution in [1.82, 2.24) is 0 Å². The molecule has 0 amide bonds. The molecule has 0 aliphatic rings. The van der Waals surface area contributed by atoms with Gasteiger partial charge in [-0.25, -0.2) is 0 Å². The lowest BCUT2D eigenvalue weighted by Crippen LogP contribution is -1.91. The normalized spacial score (nSPS) is 9.96. The molecule has 0 saturated carbocycles. The molecule has 0 aliphatic heterocycles. The van der Waals surface area contributed by atoms with Crippen molar-refractivity contribution in [3.8, 4) is 23.7 Å². The van der Waals surface area contributed by atoms with E-state index in [1.807, 2.05) is 0 Å². The Labute approximate surface area is 168 Å². The van der Waals surface area contributed by atoms with Gasteiger partial charge in [0, 0.05) is 12.8 Å². The highest BCUT2D eigenvalue weighted by Crippen LogP contribution is 2.13. The SMILES string of the molecule is CCCCCCCCCCCCCCCCCC#CCC#CCCC(=O)O. The lowest BCUT2D eigenvalue weighted by atomic mass is 10.0. The van der Waals surface area contributed by atoms with E-state index in [9.17, 15) is 4.79 Å². The second kappa shape index (κ2) is 22.6. The highest BCUT2D eigenvalue weighted by atomic mass is 16.4. The first kappa shape index (κ1) is 25.6. The van der Waals surface area contributed by atoms with Crippen molar-refractivity contribution in [3.05, 3.63) is 0 Å². The average molecular weight is 375 g/mol.